The molecule has 1 amide bonds. The van der Waals surface area contributed by atoms with E-state index in [-0.39, 0.29) is 5.91 Å². The SMILES string of the molecule is Cc1nc2c3c(c(C(=O)N[C@H](c4ccccc4)C(C)C(=O)O)cc2n1C)CCC1(CCc2ccccc21)O3. The van der Waals surface area contributed by atoms with Crippen molar-refractivity contribution in [2.75, 3.05) is 0 Å². The van der Waals surface area contributed by atoms with E-state index in [4.69, 9.17) is 9.72 Å². The van der Waals surface area contributed by atoms with Crippen molar-refractivity contribution < 1.29 is 19.4 Å². The Balaban J connectivity index is 1.45. The van der Waals surface area contributed by atoms with Crippen molar-refractivity contribution in [1.29, 1.82) is 0 Å². The van der Waals surface area contributed by atoms with Crippen molar-refractivity contribution in [3.05, 3.63) is 94.3 Å². The quantitative estimate of drug-likeness (QED) is 0.384. The van der Waals surface area contributed by atoms with Gasteiger partial charge in [-0.25, -0.2) is 4.98 Å². The number of nitrogens with zero attached hydrogens (tertiary/aromatic N) is 2. The number of aryl methyl sites for hydroxylation is 3. The Bertz CT molecular complexity index is 1580. The van der Waals surface area contributed by atoms with Gasteiger partial charge in [-0.05, 0) is 62.3 Å². The molecule has 6 rings (SSSR count). The summed E-state index contributed by atoms with van der Waals surface area (Å²) in [6.07, 6.45) is 3.29. The Kier molecular flexibility index (Phi) is 5.74. The lowest BCUT2D eigenvalue weighted by Crippen LogP contribution is -2.38. The zero-order valence-corrected chi connectivity index (χ0v) is 21.8. The minimum absolute atomic E-state index is 0.310. The first kappa shape index (κ1) is 24.2. The first-order chi connectivity index (χ1) is 18.3. The molecule has 3 atom stereocenters. The predicted molar refractivity (Wildman–Crippen MR) is 144 cm³/mol. The zero-order valence-electron chi connectivity index (χ0n) is 21.8. The van der Waals surface area contributed by atoms with Gasteiger partial charge in [-0.1, -0.05) is 54.6 Å². The third-order valence-corrected chi connectivity index (χ3v) is 8.42. The van der Waals surface area contributed by atoms with Gasteiger partial charge >= 0.3 is 5.97 Å². The fourth-order valence-corrected chi connectivity index (χ4v) is 6.12. The van der Waals surface area contributed by atoms with Gasteiger partial charge in [0, 0.05) is 18.2 Å². The van der Waals surface area contributed by atoms with Crippen LogP contribution in [0.2, 0.25) is 0 Å². The molecule has 2 heterocycles. The van der Waals surface area contributed by atoms with Crippen molar-refractivity contribution >= 4 is 22.9 Å². The average Bonchev–Trinajstić information content (AvgIpc) is 3.43. The molecule has 1 aromatic heterocycles. The minimum atomic E-state index is -0.968. The molecule has 1 spiro atoms. The number of amides is 1. The van der Waals surface area contributed by atoms with Gasteiger partial charge in [-0.2, -0.15) is 0 Å². The van der Waals surface area contributed by atoms with Crippen LogP contribution in [-0.2, 0) is 30.3 Å². The maximum atomic E-state index is 13.9. The Morgan fingerprint density at radius 2 is 1.79 bits per heavy atom. The summed E-state index contributed by atoms with van der Waals surface area (Å²) < 4.78 is 8.87. The molecular formula is C31H31N3O4. The van der Waals surface area contributed by atoms with Crippen LogP contribution >= 0.6 is 0 Å². The molecule has 0 bridgehead atoms. The van der Waals surface area contributed by atoms with Crippen LogP contribution in [0.25, 0.3) is 11.0 Å². The molecule has 0 saturated heterocycles. The monoisotopic (exact) mass is 509 g/mol. The Morgan fingerprint density at radius 3 is 2.55 bits per heavy atom. The molecule has 7 heteroatoms. The molecule has 194 valence electrons. The summed E-state index contributed by atoms with van der Waals surface area (Å²) in [6.45, 7) is 3.56. The van der Waals surface area contributed by atoms with Gasteiger partial charge in [0.2, 0.25) is 0 Å². The van der Waals surface area contributed by atoms with Gasteiger partial charge in [0.05, 0.1) is 17.5 Å². The van der Waals surface area contributed by atoms with E-state index >= 15 is 0 Å². The van der Waals surface area contributed by atoms with Crippen LogP contribution in [0.15, 0.2) is 60.7 Å². The standard InChI is InChI=1S/C31H31N3O4/c1-18(30(36)37)26(21-10-5-4-6-11-21)33-29(35)23-17-25-27(32-19(2)34(25)3)28-22(23)14-16-31(38-28)15-13-20-9-7-8-12-24(20)31/h4-12,17-18,26H,13-16H2,1-3H3,(H,33,35)(H,36,37)/t18?,26-,31?/m0/s1. The number of hydrogen-bond donors (Lipinski definition) is 2. The summed E-state index contributed by atoms with van der Waals surface area (Å²) in [5.74, 6) is -0.591. The second-order valence-corrected chi connectivity index (χ2v) is 10.6. The number of ether oxygens (including phenoxy) is 1. The number of benzene rings is 3. The van der Waals surface area contributed by atoms with E-state index in [1.807, 2.05) is 54.9 Å². The first-order valence-corrected chi connectivity index (χ1v) is 13.1. The Morgan fingerprint density at radius 1 is 1.08 bits per heavy atom. The van der Waals surface area contributed by atoms with Gasteiger partial charge in [0.15, 0.2) is 5.75 Å². The van der Waals surface area contributed by atoms with Crippen LogP contribution < -0.4 is 10.1 Å². The highest BCUT2D eigenvalue weighted by molar-refractivity contribution is 6.02. The van der Waals surface area contributed by atoms with Crippen LogP contribution in [0, 0.1) is 12.8 Å². The topological polar surface area (TPSA) is 93.5 Å². The fourth-order valence-electron chi connectivity index (χ4n) is 6.12. The van der Waals surface area contributed by atoms with Crippen LogP contribution in [-0.4, -0.2) is 26.5 Å². The average molecular weight is 510 g/mol. The summed E-state index contributed by atoms with van der Waals surface area (Å²) in [5.41, 5.74) is 5.78. The van der Waals surface area contributed by atoms with Crippen molar-refractivity contribution in [1.82, 2.24) is 14.9 Å². The van der Waals surface area contributed by atoms with E-state index in [1.54, 1.807) is 6.92 Å². The van der Waals surface area contributed by atoms with E-state index in [0.29, 0.717) is 17.7 Å². The lowest BCUT2D eigenvalue weighted by molar-refractivity contribution is -0.142. The highest BCUT2D eigenvalue weighted by atomic mass is 16.5. The van der Waals surface area contributed by atoms with Crippen LogP contribution in [0.5, 0.6) is 5.75 Å². The number of hydrogen-bond acceptors (Lipinski definition) is 4. The van der Waals surface area contributed by atoms with Crippen LogP contribution in [0.4, 0.5) is 0 Å². The maximum Gasteiger partial charge on any atom is 0.308 e. The lowest BCUT2D eigenvalue weighted by atomic mass is 9.84. The molecule has 4 aromatic rings. The first-order valence-electron chi connectivity index (χ1n) is 13.1. The third kappa shape index (κ3) is 3.76. The van der Waals surface area contributed by atoms with Gasteiger partial charge in [-0.3, -0.25) is 9.59 Å². The number of carboxylic acids is 1. The fraction of sp³-hybridized carbons (Fsp3) is 0.323. The largest absolute Gasteiger partial charge is 0.481 e. The molecule has 38 heavy (non-hydrogen) atoms. The highest BCUT2D eigenvalue weighted by Crippen LogP contribution is 2.50. The second-order valence-electron chi connectivity index (χ2n) is 10.6. The third-order valence-electron chi connectivity index (χ3n) is 8.42. The number of imidazole rings is 1. The Hall–Kier alpha value is -4.13. The van der Waals surface area contributed by atoms with Crippen molar-refractivity contribution in [2.24, 2.45) is 13.0 Å². The summed E-state index contributed by atoms with van der Waals surface area (Å²) >= 11 is 0. The molecule has 2 unspecified atom stereocenters. The summed E-state index contributed by atoms with van der Waals surface area (Å²) in [6, 6.07) is 18.9. The molecule has 2 N–H and O–H groups in total. The normalized spacial score (nSPS) is 19.4. The van der Waals surface area contributed by atoms with E-state index in [9.17, 15) is 14.7 Å². The number of carbonyl (C=O) groups excluding carboxylic acids is 1. The number of aliphatic carboxylic acids is 1. The number of rotatable bonds is 5. The lowest BCUT2D eigenvalue weighted by Gasteiger charge is -2.37. The van der Waals surface area contributed by atoms with E-state index in [0.717, 1.165) is 47.2 Å². The van der Waals surface area contributed by atoms with Gasteiger partial charge < -0.3 is 19.7 Å². The number of aromatic nitrogens is 2. The van der Waals surface area contributed by atoms with Gasteiger partial charge in [0.1, 0.15) is 16.9 Å². The summed E-state index contributed by atoms with van der Waals surface area (Å²) in [5, 5.41) is 12.8. The molecule has 2 aliphatic rings. The molecule has 0 radical (unpaired) electrons. The summed E-state index contributed by atoms with van der Waals surface area (Å²) in [7, 11) is 1.93. The number of fused-ring (bicyclic) bond motifs is 5. The molecule has 1 aliphatic heterocycles. The van der Waals surface area contributed by atoms with E-state index in [1.165, 1.54) is 11.1 Å². The number of carboxylic acid groups (broad SMARTS) is 1. The maximum absolute atomic E-state index is 13.9. The zero-order chi connectivity index (χ0) is 26.6. The smallest absolute Gasteiger partial charge is 0.308 e. The molecule has 3 aromatic carbocycles. The van der Waals surface area contributed by atoms with E-state index in [2.05, 4.69) is 29.6 Å². The van der Waals surface area contributed by atoms with Gasteiger partial charge in [0.25, 0.3) is 5.91 Å². The minimum Gasteiger partial charge on any atom is -0.481 e. The van der Waals surface area contributed by atoms with Crippen molar-refractivity contribution in [3.63, 3.8) is 0 Å². The number of carbonyl (C=O) groups is 2. The number of nitrogens with one attached hydrogen (secondary N) is 1. The summed E-state index contributed by atoms with van der Waals surface area (Å²) in [4.78, 5) is 30.7. The van der Waals surface area contributed by atoms with Crippen molar-refractivity contribution in [2.45, 2.75) is 51.2 Å². The molecule has 0 fully saturated rings. The van der Waals surface area contributed by atoms with Crippen LogP contribution in [0.1, 0.15) is 64.2 Å². The van der Waals surface area contributed by atoms with Gasteiger partial charge in [-0.15, -0.1) is 0 Å². The van der Waals surface area contributed by atoms with E-state index < -0.39 is 23.5 Å². The molecule has 7 nitrogen and oxygen atoms in total. The molecular weight excluding hydrogens is 478 g/mol. The van der Waals surface area contributed by atoms with Crippen molar-refractivity contribution in [3.8, 4) is 5.75 Å². The molecule has 0 saturated carbocycles. The highest BCUT2D eigenvalue weighted by Gasteiger charge is 2.45. The van der Waals surface area contributed by atoms with Crippen LogP contribution in [0.3, 0.4) is 0 Å². The second kappa shape index (κ2) is 9.01. The Labute approximate surface area is 221 Å². The predicted octanol–water partition coefficient (Wildman–Crippen LogP) is 5.24. The molecule has 1 aliphatic carbocycles.